The number of hydrogen-bond acceptors (Lipinski definition) is 2. The molecule has 2 aromatic rings. The van der Waals surface area contributed by atoms with E-state index in [9.17, 15) is 4.79 Å². The third-order valence-electron chi connectivity index (χ3n) is 3.16. The highest BCUT2D eigenvalue weighted by atomic mass is 16.5. The van der Waals surface area contributed by atoms with Crippen molar-refractivity contribution in [1.82, 2.24) is 9.13 Å². The number of benzene rings is 1. The minimum atomic E-state index is 0.0329. The third-order valence-corrected chi connectivity index (χ3v) is 3.16. The van der Waals surface area contributed by atoms with Crippen molar-refractivity contribution < 1.29 is 4.74 Å². The summed E-state index contributed by atoms with van der Waals surface area (Å²) in [7, 11) is 0. The van der Waals surface area contributed by atoms with Crippen LogP contribution in [0.5, 0.6) is 0 Å². The summed E-state index contributed by atoms with van der Waals surface area (Å²) in [6, 6.07) is 10.4. The summed E-state index contributed by atoms with van der Waals surface area (Å²) < 4.78 is 8.96. The molecule has 1 aromatic carbocycles. The van der Waals surface area contributed by atoms with Gasteiger partial charge in [-0.05, 0) is 18.4 Å². The Morgan fingerprint density at radius 2 is 1.94 bits per heavy atom. The zero-order valence-corrected chi connectivity index (χ0v) is 10.2. The lowest BCUT2D eigenvalue weighted by atomic mass is 10.2. The van der Waals surface area contributed by atoms with E-state index >= 15 is 0 Å². The molecule has 0 N–H and O–H groups in total. The van der Waals surface area contributed by atoms with Crippen LogP contribution in [-0.4, -0.2) is 9.13 Å². The van der Waals surface area contributed by atoms with Gasteiger partial charge >= 0.3 is 5.69 Å². The van der Waals surface area contributed by atoms with Crippen LogP contribution >= 0.6 is 0 Å². The highest BCUT2D eigenvalue weighted by Crippen LogP contribution is 2.33. The van der Waals surface area contributed by atoms with Gasteiger partial charge in [-0.25, -0.2) is 4.79 Å². The zero-order chi connectivity index (χ0) is 12.4. The molecule has 0 saturated heterocycles. The second-order valence-corrected chi connectivity index (χ2v) is 4.65. The van der Waals surface area contributed by atoms with E-state index in [1.54, 1.807) is 15.3 Å². The van der Waals surface area contributed by atoms with Gasteiger partial charge in [-0.1, -0.05) is 30.3 Å². The Morgan fingerprint density at radius 3 is 2.67 bits per heavy atom. The Labute approximate surface area is 105 Å². The molecule has 4 nitrogen and oxygen atoms in total. The zero-order valence-electron chi connectivity index (χ0n) is 10.2. The van der Waals surface area contributed by atoms with Crippen molar-refractivity contribution >= 4 is 0 Å². The standard InChI is InChI=1S/C14H16N2O2/c17-14-15(8-9-16(14)13-6-7-13)11-18-10-12-4-2-1-3-5-12/h1-5,8-9,13H,6-7,10-11H2. The number of nitrogens with zero attached hydrogens (tertiary/aromatic N) is 2. The minimum Gasteiger partial charge on any atom is -0.356 e. The Balaban J connectivity index is 1.59. The molecule has 3 rings (SSSR count). The second-order valence-electron chi connectivity index (χ2n) is 4.65. The number of imidazole rings is 1. The van der Waals surface area contributed by atoms with Gasteiger partial charge in [0, 0.05) is 18.4 Å². The molecule has 0 amide bonds. The monoisotopic (exact) mass is 244 g/mol. The van der Waals surface area contributed by atoms with Crippen molar-refractivity contribution in [2.45, 2.75) is 32.2 Å². The molecule has 0 radical (unpaired) electrons. The summed E-state index contributed by atoms with van der Waals surface area (Å²) in [5, 5.41) is 0. The van der Waals surface area contributed by atoms with E-state index in [1.165, 1.54) is 0 Å². The van der Waals surface area contributed by atoms with Gasteiger partial charge in [0.25, 0.3) is 0 Å². The minimum absolute atomic E-state index is 0.0329. The molecule has 1 aliphatic rings. The predicted octanol–water partition coefficient (Wildman–Crippen LogP) is 2.16. The lowest BCUT2D eigenvalue weighted by molar-refractivity contribution is 0.0615. The van der Waals surface area contributed by atoms with Gasteiger partial charge < -0.3 is 4.74 Å². The van der Waals surface area contributed by atoms with Crippen molar-refractivity contribution in [3.8, 4) is 0 Å². The summed E-state index contributed by atoms with van der Waals surface area (Å²) in [5.74, 6) is 0. The largest absolute Gasteiger partial charge is 0.356 e. The summed E-state index contributed by atoms with van der Waals surface area (Å²) >= 11 is 0. The van der Waals surface area contributed by atoms with E-state index in [2.05, 4.69) is 0 Å². The first kappa shape index (κ1) is 11.3. The van der Waals surface area contributed by atoms with Crippen LogP contribution < -0.4 is 5.69 Å². The average molecular weight is 244 g/mol. The predicted molar refractivity (Wildman–Crippen MR) is 68.2 cm³/mol. The maximum atomic E-state index is 11.9. The fourth-order valence-corrected chi connectivity index (χ4v) is 1.99. The Bertz CT molecular complexity index is 567. The van der Waals surface area contributed by atoms with Gasteiger partial charge in [0.2, 0.25) is 0 Å². The number of rotatable bonds is 5. The summed E-state index contributed by atoms with van der Waals surface area (Å²) in [4.78, 5) is 11.9. The van der Waals surface area contributed by atoms with Gasteiger partial charge in [-0.15, -0.1) is 0 Å². The molecule has 0 spiro atoms. The molecule has 0 unspecified atom stereocenters. The highest BCUT2D eigenvalue weighted by Gasteiger charge is 2.25. The van der Waals surface area contributed by atoms with Crippen LogP contribution in [0.15, 0.2) is 47.5 Å². The number of aromatic nitrogens is 2. The van der Waals surface area contributed by atoms with Crippen molar-refractivity contribution in [3.05, 3.63) is 58.8 Å². The molecule has 1 aliphatic carbocycles. The van der Waals surface area contributed by atoms with Crippen molar-refractivity contribution in [1.29, 1.82) is 0 Å². The van der Waals surface area contributed by atoms with E-state index in [-0.39, 0.29) is 5.69 Å². The fraction of sp³-hybridized carbons (Fsp3) is 0.357. The van der Waals surface area contributed by atoms with Gasteiger partial charge in [0.15, 0.2) is 0 Å². The first-order valence-electron chi connectivity index (χ1n) is 6.23. The van der Waals surface area contributed by atoms with Gasteiger partial charge in [0.05, 0.1) is 6.61 Å². The van der Waals surface area contributed by atoms with Crippen LogP contribution in [0, 0.1) is 0 Å². The molecule has 1 saturated carbocycles. The molecule has 0 bridgehead atoms. The van der Waals surface area contributed by atoms with E-state index < -0.39 is 0 Å². The molecule has 18 heavy (non-hydrogen) atoms. The summed E-state index contributed by atoms with van der Waals surface area (Å²) in [6.45, 7) is 0.843. The molecule has 1 aromatic heterocycles. The molecule has 4 heteroatoms. The quantitative estimate of drug-likeness (QED) is 0.808. The maximum absolute atomic E-state index is 11.9. The number of ether oxygens (including phenoxy) is 1. The van der Waals surface area contributed by atoms with Gasteiger partial charge in [-0.2, -0.15) is 0 Å². The van der Waals surface area contributed by atoms with Crippen molar-refractivity contribution in [3.63, 3.8) is 0 Å². The van der Waals surface area contributed by atoms with Crippen LogP contribution in [0.1, 0.15) is 24.4 Å². The van der Waals surface area contributed by atoms with Gasteiger partial charge in [0.1, 0.15) is 6.73 Å². The smallest absolute Gasteiger partial charge is 0.330 e. The molecular formula is C14H16N2O2. The lowest BCUT2D eigenvalue weighted by Gasteiger charge is -2.04. The van der Waals surface area contributed by atoms with E-state index in [1.807, 2.05) is 36.5 Å². The molecular weight excluding hydrogens is 228 g/mol. The van der Waals surface area contributed by atoms with Crippen molar-refractivity contribution in [2.24, 2.45) is 0 Å². The van der Waals surface area contributed by atoms with Gasteiger partial charge in [-0.3, -0.25) is 9.13 Å². The van der Waals surface area contributed by atoms with Crippen LogP contribution in [-0.2, 0) is 18.1 Å². The first-order valence-corrected chi connectivity index (χ1v) is 6.23. The third kappa shape index (κ3) is 2.38. The molecule has 1 heterocycles. The fourth-order valence-electron chi connectivity index (χ4n) is 1.99. The van der Waals surface area contributed by atoms with E-state index in [0.717, 1.165) is 18.4 Å². The normalized spacial score (nSPS) is 14.9. The second kappa shape index (κ2) is 4.82. The van der Waals surface area contributed by atoms with E-state index in [0.29, 0.717) is 19.4 Å². The summed E-state index contributed by atoms with van der Waals surface area (Å²) in [6.07, 6.45) is 5.89. The highest BCUT2D eigenvalue weighted by molar-refractivity contribution is 5.13. The van der Waals surface area contributed by atoms with E-state index in [4.69, 9.17) is 4.74 Å². The molecule has 0 atom stereocenters. The van der Waals surface area contributed by atoms with Crippen LogP contribution in [0.3, 0.4) is 0 Å². The maximum Gasteiger partial charge on any atom is 0.330 e. The van der Waals surface area contributed by atoms with Crippen LogP contribution in [0.25, 0.3) is 0 Å². The van der Waals surface area contributed by atoms with Crippen LogP contribution in [0.2, 0.25) is 0 Å². The first-order chi connectivity index (χ1) is 8.84. The van der Waals surface area contributed by atoms with Crippen LogP contribution in [0.4, 0.5) is 0 Å². The molecule has 94 valence electrons. The lowest BCUT2D eigenvalue weighted by Crippen LogP contribution is -2.24. The molecule has 0 aliphatic heterocycles. The topological polar surface area (TPSA) is 36.2 Å². The summed E-state index contributed by atoms with van der Waals surface area (Å²) in [5.41, 5.74) is 1.15. The van der Waals surface area contributed by atoms with Crippen molar-refractivity contribution in [2.75, 3.05) is 0 Å². The number of hydrogen-bond donors (Lipinski definition) is 0. The Kier molecular flexibility index (Phi) is 3.02. The Hall–Kier alpha value is -1.81. The molecule has 1 fully saturated rings. The SMILES string of the molecule is O=c1n(COCc2ccccc2)ccn1C1CC1. The average Bonchev–Trinajstić information content (AvgIpc) is 3.17. The Morgan fingerprint density at radius 1 is 1.17 bits per heavy atom.